The molecule has 1 aromatic rings. The van der Waals surface area contributed by atoms with Crippen molar-refractivity contribution in [1.29, 1.82) is 0 Å². The van der Waals surface area contributed by atoms with Gasteiger partial charge in [0.1, 0.15) is 12.4 Å². The Morgan fingerprint density at radius 1 is 1.50 bits per heavy atom. The Balaban J connectivity index is 1.63. The monoisotopic (exact) mass is 304 g/mol. The minimum absolute atomic E-state index is 0.0802. The number of hydrogen-bond donors (Lipinski definition) is 1. The standard InChI is InChI=1S/C17H24N2O3/c1-13-11-18-7-8-19(13)17(20)14-4-2-5-15(10-14)22-12-16-6-3-9-21-16/h2,4-5,10,13,16,18H,3,6-9,11-12H2,1H3/t13-,16?/m0/s1. The van der Waals surface area contributed by atoms with Crippen molar-refractivity contribution in [2.24, 2.45) is 0 Å². The number of hydrogen-bond acceptors (Lipinski definition) is 4. The van der Waals surface area contributed by atoms with Crippen LogP contribution in [-0.4, -0.2) is 55.8 Å². The van der Waals surface area contributed by atoms with E-state index < -0.39 is 0 Å². The van der Waals surface area contributed by atoms with Crippen molar-refractivity contribution in [2.75, 3.05) is 32.8 Å². The molecule has 2 heterocycles. The van der Waals surface area contributed by atoms with Crippen molar-refractivity contribution in [3.63, 3.8) is 0 Å². The van der Waals surface area contributed by atoms with E-state index in [9.17, 15) is 4.79 Å². The van der Waals surface area contributed by atoms with Crippen LogP contribution in [0.25, 0.3) is 0 Å². The molecule has 0 spiro atoms. The highest BCUT2D eigenvalue weighted by Crippen LogP contribution is 2.19. The third-order valence-corrected chi connectivity index (χ3v) is 4.30. The van der Waals surface area contributed by atoms with Gasteiger partial charge in [-0.05, 0) is 38.0 Å². The number of carbonyl (C=O) groups is 1. The highest BCUT2D eigenvalue weighted by molar-refractivity contribution is 5.94. The number of benzene rings is 1. The van der Waals surface area contributed by atoms with Gasteiger partial charge in [-0.1, -0.05) is 6.07 Å². The van der Waals surface area contributed by atoms with Crippen LogP contribution in [0.4, 0.5) is 0 Å². The Kier molecular flexibility index (Phi) is 4.95. The first-order valence-corrected chi connectivity index (χ1v) is 8.10. The third-order valence-electron chi connectivity index (χ3n) is 4.30. The maximum atomic E-state index is 12.6. The molecule has 2 aliphatic heterocycles. The Hall–Kier alpha value is -1.59. The van der Waals surface area contributed by atoms with Crippen LogP contribution in [0, 0.1) is 0 Å². The Morgan fingerprint density at radius 2 is 2.41 bits per heavy atom. The molecule has 3 rings (SSSR count). The molecule has 2 fully saturated rings. The first kappa shape index (κ1) is 15.3. The first-order valence-electron chi connectivity index (χ1n) is 8.10. The van der Waals surface area contributed by atoms with E-state index in [-0.39, 0.29) is 18.1 Å². The van der Waals surface area contributed by atoms with E-state index >= 15 is 0 Å². The van der Waals surface area contributed by atoms with Crippen molar-refractivity contribution >= 4 is 5.91 Å². The summed E-state index contributed by atoms with van der Waals surface area (Å²) in [4.78, 5) is 14.6. The lowest BCUT2D eigenvalue weighted by molar-refractivity contribution is 0.0649. The molecule has 1 aromatic carbocycles. The van der Waals surface area contributed by atoms with Gasteiger partial charge in [0.2, 0.25) is 0 Å². The maximum Gasteiger partial charge on any atom is 0.254 e. The molecular formula is C17H24N2O3. The second-order valence-electron chi connectivity index (χ2n) is 6.03. The molecule has 22 heavy (non-hydrogen) atoms. The van der Waals surface area contributed by atoms with E-state index in [2.05, 4.69) is 12.2 Å². The summed E-state index contributed by atoms with van der Waals surface area (Å²) < 4.78 is 11.3. The van der Waals surface area contributed by atoms with Gasteiger partial charge in [0, 0.05) is 37.8 Å². The minimum Gasteiger partial charge on any atom is -0.491 e. The number of amides is 1. The smallest absolute Gasteiger partial charge is 0.254 e. The molecule has 2 atom stereocenters. The Labute approximate surface area is 131 Å². The van der Waals surface area contributed by atoms with Gasteiger partial charge in [0.05, 0.1) is 6.10 Å². The Morgan fingerprint density at radius 3 is 3.18 bits per heavy atom. The average molecular weight is 304 g/mol. The second kappa shape index (κ2) is 7.11. The predicted molar refractivity (Wildman–Crippen MR) is 84.3 cm³/mol. The molecule has 2 aliphatic rings. The summed E-state index contributed by atoms with van der Waals surface area (Å²) in [5.41, 5.74) is 0.693. The summed E-state index contributed by atoms with van der Waals surface area (Å²) in [5.74, 6) is 0.820. The fraction of sp³-hybridized carbons (Fsp3) is 0.588. The van der Waals surface area contributed by atoms with Gasteiger partial charge in [0.25, 0.3) is 5.91 Å². The van der Waals surface area contributed by atoms with Gasteiger partial charge >= 0.3 is 0 Å². The number of rotatable bonds is 4. The molecule has 0 radical (unpaired) electrons. The lowest BCUT2D eigenvalue weighted by atomic mass is 10.1. The van der Waals surface area contributed by atoms with E-state index in [1.165, 1.54) is 0 Å². The summed E-state index contributed by atoms with van der Waals surface area (Å²) >= 11 is 0. The lowest BCUT2D eigenvalue weighted by Gasteiger charge is -2.34. The van der Waals surface area contributed by atoms with Crippen LogP contribution in [0.2, 0.25) is 0 Å². The summed E-state index contributed by atoms with van der Waals surface area (Å²) in [6, 6.07) is 7.69. The van der Waals surface area contributed by atoms with Crippen LogP contribution in [0.3, 0.4) is 0 Å². The molecule has 0 aliphatic carbocycles. The van der Waals surface area contributed by atoms with E-state index in [0.29, 0.717) is 12.2 Å². The van der Waals surface area contributed by atoms with Crippen LogP contribution in [-0.2, 0) is 4.74 Å². The first-order chi connectivity index (χ1) is 10.7. The topological polar surface area (TPSA) is 50.8 Å². The number of nitrogens with one attached hydrogen (secondary N) is 1. The quantitative estimate of drug-likeness (QED) is 0.919. The SMILES string of the molecule is C[C@H]1CNCCN1C(=O)c1cccc(OCC2CCCO2)c1. The molecular weight excluding hydrogens is 280 g/mol. The van der Waals surface area contributed by atoms with E-state index in [1.54, 1.807) is 0 Å². The van der Waals surface area contributed by atoms with Crippen molar-refractivity contribution in [3.8, 4) is 5.75 Å². The number of nitrogens with zero attached hydrogens (tertiary/aromatic N) is 1. The van der Waals surface area contributed by atoms with Crippen LogP contribution in [0.5, 0.6) is 5.75 Å². The molecule has 1 amide bonds. The zero-order valence-corrected chi connectivity index (χ0v) is 13.1. The molecule has 2 saturated heterocycles. The van der Waals surface area contributed by atoms with Gasteiger partial charge < -0.3 is 19.7 Å². The molecule has 5 heteroatoms. The van der Waals surface area contributed by atoms with Crippen LogP contribution in [0.1, 0.15) is 30.1 Å². The second-order valence-corrected chi connectivity index (χ2v) is 6.03. The van der Waals surface area contributed by atoms with Gasteiger partial charge in [-0.3, -0.25) is 4.79 Å². The predicted octanol–water partition coefficient (Wildman–Crippen LogP) is 1.68. The molecule has 120 valence electrons. The average Bonchev–Trinajstić information content (AvgIpc) is 3.06. The van der Waals surface area contributed by atoms with Crippen molar-refractivity contribution in [2.45, 2.75) is 31.9 Å². The highest BCUT2D eigenvalue weighted by atomic mass is 16.5. The molecule has 0 saturated carbocycles. The number of ether oxygens (including phenoxy) is 2. The summed E-state index contributed by atoms with van der Waals surface area (Å²) in [6.45, 7) is 5.91. The van der Waals surface area contributed by atoms with Crippen molar-refractivity contribution < 1.29 is 14.3 Å². The summed E-state index contributed by atoms with van der Waals surface area (Å²) in [7, 11) is 0. The largest absolute Gasteiger partial charge is 0.491 e. The van der Waals surface area contributed by atoms with E-state index in [0.717, 1.165) is 44.8 Å². The van der Waals surface area contributed by atoms with Gasteiger partial charge in [0.15, 0.2) is 0 Å². The molecule has 0 bridgehead atoms. The van der Waals surface area contributed by atoms with Crippen molar-refractivity contribution in [1.82, 2.24) is 10.2 Å². The van der Waals surface area contributed by atoms with Gasteiger partial charge in [-0.2, -0.15) is 0 Å². The van der Waals surface area contributed by atoms with E-state index in [4.69, 9.17) is 9.47 Å². The summed E-state index contributed by atoms with van der Waals surface area (Å²) in [6.07, 6.45) is 2.34. The third kappa shape index (κ3) is 3.59. The molecule has 1 N–H and O–H groups in total. The van der Waals surface area contributed by atoms with Crippen LogP contribution in [0.15, 0.2) is 24.3 Å². The zero-order valence-electron chi connectivity index (χ0n) is 13.1. The van der Waals surface area contributed by atoms with E-state index in [1.807, 2.05) is 29.2 Å². The van der Waals surface area contributed by atoms with Gasteiger partial charge in [-0.15, -0.1) is 0 Å². The maximum absolute atomic E-state index is 12.6. The van der Waals surface area contributed by atoms with Crippen LogP contribution >= 0.6 is 0 Å². The normalized spacial score (nSPS) is 25.2. The van der Waals surface area contributed by atoms with Gasteiger partial charge in [-0.25, -0.2) is 0 Å². The molecule has 0 aromatic heterocycles. The van der Waals surface area contributed by atoms with Crippen molar-refractivity contribution in [3.05, 3.63) is 29.8 Å². The van der Waals surface area contributed by atoms with Crippen LogP contribution < -0.4 is 10.1 Å². The number of carbonyl (C=O) groups excluding carboxylic acids is 1. The Bertz CT molecular complexity index is 514. The molecule has 5 nitrogen and oxygen atoms in total. The summed E-state index contributed by atoms with van der Waals surface area (Å²) in [5, 5.41) is 3.30. The fourth-order valence-corrected chi connectivity index (χ4v) is 2.99. The zero-order chi connectivity index (χ0) is 15.4. The minimum atomic E-state index is 0.0802. The lowest BCUT2D eigenvalue weighted by Crippen LogP contribution is -2.52. The molecule has 1 unspecified atom stereocenters. The number of piperazine rings is 1. The fourth-order valence-electron chi connectivity index (χ4n) is 2.99. The highest BCUT2D eigenvalue weighted by Gasteiger charge is 2.24.